The lowest BCUT2D eigenvalue weighted by Crippen LogP contribution is -1.84. The van der Waals surface area contributed by atoms with Gasteiger partial charge in [-0.3, -0.25) is 0 Å². The maximum Gasteiger partial charge on any atom is 0.0921 e. The topological polar surface area (TPSA) is 57.4 Å². The zero-order valence-corrected chi connectivity index (χ0v) is 14.8. The quantitative estimate of drug-likeness (QED) is 0.742. The highest BCUT2D eigenvalue weighted by atomic mass is 14.9. The van der Waals surface area contributed by atoms with E-state index in [2.05, 4.69) is 33.8 Å². The zero-order valence-electron chi connectivity index (χ0n) is 14.8. The lowest BCUT2D eigenvalue weighted by molar-refractivity contribution is 0.832. The predicted octanol–water partition coefficient (Wildman–Crippen LogP) is 5.33. The standard InChI is InChI=1S/C6H10N2.C4H6N2.3C2H6/c1-5(2)6-3-7-4-8-6;1-4-2-5-3-6-4;3*1-2/h3-5H,1-2H3,(H,7,8);2-3H,1H3,(H,5,6);3*1-2H3. The maximum atomic E-state index is 3.89. The molecule has 0 radical (unpaired) electrons. The molecule has 2 aromatic heterocycles. The van der Waals surface area contributed by atoms with Crippen LogP contribution in [0.5, 0.6) is 0 Å². The molecule has 2 aromatic rings. The highest BCUT2D eigenvalue weighted by Crippen LogP contribution is 2.07. The van der Waals surface area contributed by atoms with Gasteiger partial charge < -0.3 is 9.97 Å². The second kappa shape index (κ2) is 19.8. The van der Waals surface area contributed by atoms with Gasteiger partial charge in [-0.25, -0.2) is 9.97 Å². The number of aromatic nitrogens is 4. The van der Waals surface area contributed by atoms with E-state index < -0.39 is 0 Å². The summed E-state index contributed by atoms with van der Waals surface area (Å²) >= 11 is 0. The van der Waals surface area contributed by atoms with Crippen LogP contribution in [0.2, 0.25) is 0 Å². The van der Waals surface area contributed by atoms with Gasteiger partial charge in [0.15, 0.2) is 0 Å². The van der Waals surface area contributed by atoms with E-state index in [-0.39, 0.29) is 0 Å². The molecule has 20 heavy (non-hydrogen) atoms. The number of imidazole rings is 2. The van der Waals surface area contributed by atoms with Gasteiger partial charge >= 0.3 is 0 Å². The third-order valence-electron chi connectivity index (χ3n) is 1.78. The van der Waals surface area contributed by atoms with E-state index in [1.165, 1.54) is 5.69 Å². The number of H-pyrrole nitrogens is 2. The Labute approximate surface area is 125 Å². The van der Waals surface area contributed by atoms with Gasteiger partial charge in [0, 0.05) is 23.8 Å². The lowest BCUT2D eigenvalue weighted by Gasteiger charge is -1.95. The first-order valence-corrected chi connectivity index (χ1v) is 7.63. The van der Waals surface area contributed by atoms with Gasteiger partial charge in [-0.15, -0.1) is 0 Å². The number of aromatic amines is 2. The average Bonchev–Trinajstić information content (AvgIpc) is 3.19. The average molecular weight is 282 g/mol. The molecule has 0 bridgehead atoms. The molecular weight excluding hydrogens is 248 g/mol. The number of hydrogen-bond acceptors (Lipinski definition) is 2. The molecule has 2 heterocycles. The minimum Gasteiger partial charge on any atom is -0.349 e. The van der Waals surface area contributed by atoms with Gasteiger partial charge in [-0.05, 0) is 12.8 Å². The fourth-order valence-electron chi connectivity index (χ4n) is 0.908. The van der Waals surface area contributed by atoms with Gasteiger partial charge in [0.1, 0.15) is 0 Å². The molecule has 0 aliphatic heterocycles. The van der Waals surface area contributed by atoms with E-state index in [4.69, 9.17) is 0 Å². The second-order valence-electron chi connectivity index (χ2n) is 3.40. The first kappa shape index (κ1) is 23.5. The van der Waals surface area contributed by atoms with Crippen LogP contribution in [-0.4, -0.2) is 19.9 Å². The lowest BCUT2D eigenvalue weighted by atomic mass is 10.2. The summed E-state index contributed by atoms with van der Waals surface area (Å²) in [6, 6.07) is 0. The Morgan fingerprint density at radius 1 is 0.800 bits per heavy atom. The Morgan fingerprint density at radius 3 is 1.40 bits per heavy atom. The number of aryl methyl sites for hydroxylation is 1. The summed E-state index contributed by atoms with van der Waals surface area (Å²) in [5.41, 5.74) is 2.31. The van der Waals surface area contributed by atoms with E-state index in [1.807, 2.05) is 54.7 Å². The van der Waals surface area contributed by atoms with E-state index in [1.54, 1.807) is 18.9 Å². The van der Waals surface area contributed by atoms with Crippen LogP contribution in [0.3, 0.4) is 0 Å². The van der Waals surface area contributed by atoms with E-state index >= 15 is 0 Å². The summed E-state index contributed by atoms with van der Waals surface area (Å²) in [6.45, 7) is 18.2. The summed E-state index contributed by atoms with van der Waals surface area (Å²) in [7, 11) is 0. The summed E-state index contributed by atoms with van der Waals surface area (Å²) < 4.78 is 0. The van der Waals surface area contributed by atoms with Crippen molar-refractivity contribution in [2.24, 2.45) is 0 Å². The summed E-state index contributed by atoms with van der Waals surface area (Å²) in [5.74, 6) is 0.567. The minimum atomic E-state index is 0.567. The zero-order chi connectivity index (χ0) is 16.4. The fraction of sp³-hybridized carbons (Fsp3) is 0.625. The van der Waals surface area contributed by atoms with Crippen molar-refractivity contribution in [1.82, 2.24) is 19.9 Å². The smallest absolute Gasteiger partial charge is 0.0921 e. The first-order chi connectivity index (χ1) is 9.70. The molecule has 4 nitrogen and oxygen atoms in total. The molecule has 0 amide bonds. The van der Waals surface area contributed by atoms with Crippen molar-refractivity contribution in [1.29, 1.82) is 0 Å². The van der Waals surface area contributed by atoms with Crippen molar-refractivity contribution >= 4 is 0 Å². The van der Waals surface area contributed by atoms with Crippen LogP contribution < -0.4 is 0 Å². The molecule has 0 unspecified atom stereocenters. The minimum absolute atomic E-state index is 0.567. The largest absolute Gasteiger partial charge is 0.349 e. The van der Waals surface area contributed by atoms with Crippen LogP contribution in [0.4, 0.5) is 0 Å². The van der Waals surface area contributed by atoms with E-state index in [0.717, 1.165) is 5.69 Å². The third-order valence-corrected chi connectivity index (χ3v) is 1.78. The molecular formula is C16H34N4. The molecule has 0 aliphatic rings. The Balaban J connectivity index is -0.000000215. The Bertz CT molecular complexity index is 323. The van der Waals surface area contributed by atoms with Crippen LogP contribution in [0.15, 0.2) is 25.0 Å². The van der Waals surface area contributed by atoms with E-state index in [0.29, 0.717) is 5.92 Å². The van der Waals surface area contributed by atoms with Crippen molar-refractivity contribution in [2.45, 2.75) is 68.2 Å². The van der Waals surface area contributed by atoms with Crippen LogP contribution in [-0.2, 0) is 0 Å². The Kier molecular flexibility index (Phi) is 23.2. The molecule has 4 heteroatoms. The van der Waals surface area contributed by atoms with Crippen molar-refractivity contribution in [3.05, 3.63) is 36.4 Å². The molecule has 0 atom stereocenters. The molecule has 0 aromatic carbocycles. The third kappa shape index (κ3) is 14.5. The number of hydrogen-bond donors (Lipinski definition) is 2. The highest BCUT2D eigenvalue weighted by Gasteiger charge is 1.95. The molecule has 2 N–H and O–H groups in total. The van der Waals surface area contributed by atoms with Gasteiger partial charge in [-0.2, -0.15) is 0 Å². The SMILES string of the molecule is CC.CC.CC.CC(C)c1cnc[nH]1.Cc1cnc[nH]1. The molecule has 2 rings (SSSR count). The highest BCUT2D eigenvalue weighted by molar-refractivity contribution is 4.99. The molecule has 118 valence electrons. The molecule has 0 saturated heterocycles. The number of nitrogens with one attached hydrogen (secondary N) is 2. The van der Waals surface area contributed by atoms with Crippen molar-refractivity contribution < 1.29 is 0 Å². The monoisotopic (exact) mass is 282 g/mol. The Morgan fingerprint density at radius 2 is 1.25 bits per heavy atom. The van der Waals surface area contributed by atoms with Crippen molar-refractivity contribution in [2.75, 3.05) is 0 Å². The van der Waals surface area contributed by atoms with Gasteiger partial charge in [0.25, 0.3) is 0 Å². The van der Waals surface area contributed by atoms with Crippen LogP contribution >= 0.6 is 0 Å². The fourth-order valence-corrected chi connectivity index (χ4v) is 0.908. The van der Waals surface area contributed by atoms with Gasteiger partial charge in [0.2, 0.25) is 0 Å². The van der Waals surface area contributed by atoms with Crippen molar-refractivity contribution in [3.8, 4) is 0 Å². The number of rotatable bonds is 1. The van der Waals surface area contributed by atoms with Crippen molar-refractivity contribution in [3.63, 3.8) is 0 Å². The van der Waals surface area contributed by atoms with Gasteiger partial charge in [0.05, 0.1) is 12.7 Å². The molecule has 0 aliphatic carbocycles. The number of nitrogens with zero attached hydrogens (tertiary/aromatic N) is 2. The Hall–Kier alpha value is -1.58. The van der Waals surface area contributed by atoms with Gasteiger partial charge in [-0.1, -0.05) is 55.4 Å². The normalized spacial score (nSPS) is 7.70. The van der Waals surface area contributed by atoms with Crippen LogP contribution in [0.25, 0.3) is 0 Å². The molecule has 0 spiro atoms. The summed E-state index contributed by atoms with van der Waals surface area (Å²) in [4.78, 5) is 13.6. The molecule has 0 fully saturated rings. The maximum absolute atomic E-state index is 3.89. The van der Waals surface area contributed by atoms with Crippen LogP contribution in [0.1, 0.15) is 72.7 Å². The van der Waals surface area contributed by atoms with Crippen LogP contribution in [0, 0.1) is 6.92 Å². The predicted molar refractivity (Wildman–Crippen MR) is 90.0 cm³/mol. The summed E-state index contributed by atoms with van der Waals surface area (Å²) in [6.07, 6.45) is 7.00. The molecule has 0 saturated carbocycles. The first-order valence-electron chi connectivity index (χ1n) is 7.63. The summed E-state index contributed by atoms with van der Waals surface area (Å²) in [5, 5.41) is 0. The second-order valence-corrected chi connectivity index (χ2v) is 3.40. The van der Waals surface area contributed by atoms with E-state index in [9.17, 15) is 0 Å².